The number of esters is 1. The molecule has 6 heteroatoms. The largest absolute Gasteiger partial charge is 0.461 e. The van der Waals surface area contributed by atoms with Crippen molar-refractivity contribution >= 4 is 11.9 Å². The third kappa shape index (κ3) is 3.68. The second-order valence-corrected chi connectivity index (χ2v) is 5.23. The van der Waals surface area contributed by atoms with Gasteiger partial charge in [-0.2, -0.15) is 0 Å². The lowest BCUT2D eigenvalue weighted by molar-refractivity contribution is 0.0512. The minimum atomic E-state index is -0.395. The Labute approximate surface area is 131 Å². The lowest BCUT2D eigenvalue weighted by Crippen LogP contribution is -2.36. The molecule has 124 valence electrons. The number of carbonyl (C=O) groups excluding carboxylic acids is 2. The number of aromatic nitrogens is 1. The molecule has 0 aliphatic carbocycles. The summed E-state index contributed by atoms with van der Waals surface area (Å²) in [5.74, 6) is -0.591. The molecule has 0 saturated carbocycles. The zero-order valence-corrected chi connectivity index (χ0v) is 14.3. The highest BCUT2D eigenvalue weighted by Crippen LogP contribution is 2.23. The summed E-state index contributed by atoms with van der Waals surface area (Å²) in [5, 5.41) is 2.88. The Hall–Kier alpha value is -1.82. The minimum Gasteiger partial charge on any atom is -0.461 e. The van der Waals surface area contributed by atoms with Gasteiger partial charge in [-0.3, -0.25) is 4.79 Å². The van der Waals surface area contributed by atoms with E-state index in [9.17, 15) is 9.59 Å². The molecule has 0 spiro atoms. The van der Waals surface area contributed by atoms with Crippen LogP contribution in [0.3, 0.4) is 0 Å². The molecule has 0 radical (unpaired) electrons. The Morgan fingerprint density at radius 1 is 1.27 bits per heavy atom. The number of carbonyl (C=O) groups is 2. The number of nitrogens with one attached hydrogen (secondary N) is 1. The van der Waals surface area contributed by atoms with Gasteiger partial charge >= 0.3 is 5.97 Å². The molecular formula is C16H26N2O4. The summed E-state index contributed by atoms with van der Waals surface area (Å²) in [6.45, 7) is 10.5. The maximum atomic E-state index is 12.5. The second kappa shape index (κ2) is 7.98. The number of hydrogen-bond donors (Lipinski definition) is 1. The van der Waals surface area contributed by atoms with E-state index < -0.39 is 5.97 Å². The van der Waals surface area contributed by atoms with Crippen LogP contribution in [0.4, 0.5) is 0 Å². The normalized spacial score (nSPS) is 12.1. The zero-order valence-electron chi connectivity index (χ0n) is 14.3. The van der Waals surface area contributed by atoms with E-state index in [1.165, 1.54) is 0 Å². The summed E-state index contributed by atoms with van der Waals surface area (Å²) in [6.07, 6.45) is 0. The number of hydrogen-bond acceptors (Lipinski definition) is 4. The van der Waals surface area contributed by atoms with Gasteiger partial charge in [-0.05, 0) is 40.2 Å². The smallest absolute Gasteiger partial charge is 0.355 e. The van der Waals surface area contributed by atoms with Gasteiger partial charge in [0.15, 0.2) is 0 Å². The van der Waals surface area contributed by atoms with Crippen LogP contribution in [-0.2, 0) is 16.0 Å². The molecule has 0 unspecified atom stereocenters. The summed E-state index contributed by atoms with van der Waals surface area (Å²) in [4.78, 5) is 24.7. The molecule has 1 rings (SSSR count). The Morgan fingerprint density at radius 2 is 1.91 bits per heavy atom. The first-order valence-corrected chi connectivity index (χ1v) is 7.55. The molecule has 0 aliphatic rings. The molecule has 6 nitrogen and oxygen atoms in total. The van der Waals surface area contributed by atoms with Crippen LogP contribution in [0.15, 0.2) is 0 Å². The van der Waals surface area contributed by atoms with Crippen molar-refractivity contribution in [1.29, 1.82) is 0 Å². The van der Waals surface area contributed by atoms with Gasteiger partial charge in [0, 0.05) is 25.4 Å². The Morgan fingerprint density at radius 3 is 2.41 bits per heavy atom. The molecule has 1 N–H and O–H groups in total. The Bertz CT molecular complexity index is 549. The van der Waals surface area contributed by atoms with Crippen LogP contribution in [0, 0.1) is 13.8 Å². The highest BCUT2D eigenvalue weighted by molar-refractivity contribution is 6.01. The van der Waals surface area contributed by atoms with Crippen molar-refractivity contribution in [2.24, 2.45) is 0 Å². The predicted molar refractivity (Wildman–Crippen MR) is 84.3 cm³/mol. The molecule has 1 amide bonds. The third-order valence-corrected chi connectivity index (χ3v) is 3.57. The van der Waals surface area contributed by atoms with Crippen LogP contribution in [0.5, 0.6) is 0 Å². The summed E-state index contributed by atoms with van der Waals surface area (Å²) in [5.41, 5.74) is 2.41. The van der Waals surface area contributed by atoms with Gasteiger partial charge in [0.05, 0.1) is 18.8 Å². The maximum Gasteiger partial charge on any atom is 0.355 e. The van der Waals surface area contributed by atoms with Crippen molar-refractivity contribution in [1.82, 2.24) is 9.88 Å². The molecule has 0 aliphatic heterocycles. The van der Waals surface area contributed by atoms with E-state index in [0.29, 0.717) is 36.6 Å². The van der Waals surface area contributed by atoms with Crippen molar-refractivity contribution in [3.05, 3.63) is 22.5 Å². The van der Waals surface area contributed by atoms with Crippen LogP contribution >= 0.6 is 0 Å². The number of methoxy groups -OCH3 is 1. The lowest BCUT2D eigenvalue weighted by Gasteiger charge is -2.13. The van der Waals surface area contributed by atoms with E-state index in [0.717, 1.165) is 5.69 Å². The fourth-order valence-corrected chi connectivity index (χ4v) is 2.68. The highest BCUT2D eigenvalue weighted by Gasteiger charge is 2.27. The van der Waals surface area contributed by atoms with Gasteiger partial charge in [0.25, 0.3) is 5.91 Å². The van der Waals surface area contributed by atoms with Crippen LogP contribution in [-0.4, -0.2) is 42.8 Å². The van der Waals surface area contributed by atoms with Crippen molar-refractivity contribution in [2.75, 3.05) is 20.3 Å². The second-order valence-electron chi connectivity index (χ2n) is 5.23. The first-order chi connectivity index (χ1) is 10.4. The van der Waals surface area contributed by atoms with Crippen LogP contribution in [0.1, 0.15) is 52.9 Å². The highest BCUT2D eigenvalue weighted by atomic mass is 16.5. The number of nitrogens with zero attached hydrogens (tertiary/aromatic N) is 1. The number of ether oxygens (including phenoxy) is 2. The molecule has 0 fully saturated rings. The molecule has 1 aromatic rings. The lowest BCUT2D eigenvalue weighted by atomic mass is 10.1. The summed E-state index contributed by atoms with van der Waals surface area (Å²) < 4.78 is 12.0. The summed E-state index contributed by atoms with van der Waals surface area (Å²) >= 11 is 0. The van der Waals surface area contributed by atoms with Gasteiger partial charge in [-0.1, -0.05) is 0 Å². The Kier molecular flexibility index (Phi) is 6.61. The van der Waals surface area contributed by atoms with E-state index >= 15 is 0 Å². The van der Waals surface area contributed by atoms with E-state index in [-0.39, 0.29) is 11.9 Å². The predicted octanol–water partition coefficient (Wildman–Crippen LogP) is 2.07. The van der Waals surface area contributed by atoms with Crippen molar-refractivity contribution < 1.29 is 19.1 Å². The fraction of sp³-hybridized carbons (Fsp3) is 0.625. The standard InChI is InChI=1S/C16H26N2O4/c1-7-18-12(5)13(15(19)17-10(3)9-21-6)11(4)14(18)16(20)22-8-2/h10H,7-9H2,1-6H3,(H,17,19)/t10-/m1/s1. The molecular weight excluding hydrogens is 284 g/mol. The van der Waals surface area contributed by atoms with Crippen molar-refractivity contribution in [2.45, 2.75) is 47.2 Å². The van der Waals surface area contributed by atoms with E-state index in [1.807, 2.05) is 25.3 Å². The third-order valence-electron chi connectivity index (χ3n) is 3.57. The molecule has 0 saturated heterocycles. The van der Waals surface area contributed by atoms with Gasteiger partial charge in [0.1, 0.15) is 5.69 Å². The summed E-state index contributed by atoms with van der Waals surface area (Å²) in [7, 11) is 1.59. The van der Waals surface area contributed by atoms with Gasteiger partial charge in [-0.15, -0.1) is 0 Å². The molecule has 22 heavy (non-hydrogen) atoms. The molecule has 1 atom stereocenters. The van der Waals surface area contributed by atoms with Gasteiger partial charge in [0.2, 0.25) is 0 Å². The summed E-state index contributed by atoms with van der Waals surface area (Å²) in [6, 6.07) is -0.104. The van der Waals surface area contributed by atoms with Crippen molar-refractivity contribution in [3.8, 4) is 0 Å². The average molecular weight is 310 g/mol. The van der Waals surface area contributed by atoms with Crippen LogP contribution in [0.2, 0.25) is 0 Å². The topological polar surface area (TPSA) is 69.6 Å². The van der Waals surface area contributed by atoms with Crippen LogP contribution in [0.25, 0.3) is 0 Å². The molecule has 0 aromatic carbocycles. The first kappa shape index (κ1) is 18.2. The SMILES string of the molecule is CCOC(=O)c1c(C)c(C(=O)N[C@H](C)COC)c(C)n1CC. The number of amides is 1. The van der Waals surface area contributed by atoms with Gasteiger partial charge < -0.3 is 19.4 Å². The fourth-order valence-electron chi connectivity index (χ4n) is 2.68. The molecule has 1 aromatic heterocycles. The Balaban J connectivity index is 3.21. The monoisotopic (exact) mass is 310 g/mol. The zero-order chi connectivity index (χ0) is 16.9. The quantitative estimate of drug-likeness (QED) is 0.783. The first-order valence-electron chi connectivity index (χ1n) is 7.55. The average Bonchev–Trinajstić information content (AvgIpc) is 2.69. The van der Waals surface area contributed by atoms with Crippen LogP contribution < -0.4 is 5.32 Å². The van der Waals surface area contributed by atoms with E-state index in [2.05, 4.69) is 5.32 Å². The van der Waals surface area contributed by atoms with E-state index in [1.54, 1.807) is 21.0 Å². The molecule has 1 heterocycles. The number of rotatable bonds is 7. The minimum absolute atomic E-state index is 0.104. The molecule has 0 bridgehead atoms. The van der Waals surface area contributed by atoms with Crippen molar-refractivity contribution in [3.63, 3.8) is 0 Å². The van der Waals surface area contributed by atoms with E-state index in [4.69, 9.17) is 9.47 Å². The van der Waals surface area contributed by atoms with Gasteiger partial charge in [-0.25, -0.2) is 4.79 Å². The maximum absolute atomic E-state index is 12.5.